The highest BCUT2D eigenvalue weighted by molar-refractivity contribution is 6.11. The van der Waals surface area contributed by atoms with Crippen LogP contribution < -0.4 is 5.43 Å². The Morgan fingerprint density at radius 3 is 2.79 bits per heavy atom. The first-order valence-corrected chi connectivity index (χ1v) is 9.55. The number of hydrogen-bond donors (Lipinski definition) is 0. The Balaban J connectivity index is 2.09. The molecule has 1 aromatic carbocycles. The third-order valence-electron chi connectivity index (χ3n) is 5.35. The maximum Gasteiger partial charge on any atom is 0.192 e. The van der Waals surface area contributed by atoms with Crippen LogP contribution in [0.15, 0.2) is 46.3 Å². The fraction of sp³-hybridized carbons (Fsp3) is 0.304. The van der Waals surface area contributed by atoms with E-state index in [0.29, 0.717) is 30.2 Å². The third-order valence-corrected chi connectivity index (χ3v) is 5.35. The van der Waals surface area contributed by atoms with Gasteiger partial charge in [-0.3, -0.25) is 9.59 Å². The number of rotatable bonds is 3. The van der Waals surface area contributed by atoms with Gasteiger partial charge in [0.05, 0.1) is 22.6 Å². The number of ketones is 1. The highest BCUT2D eigenvalue weighted by Crippen LogP contribution is 2.38. The van der Waals surface area contributed by atoms with E-state index in [1.165, 1.54) is 12.3 Å². The van der Waals surface area contributed by atoms with Crippen LogP contribution >= 0.6 is 0 Å². The minimum absolute atomic E-state index is 0.0580. The Hall–Kier alpha value is -2.92. The van der Waals surface area contributed by atoms with E-state index in [1.54, 1.807) is 0 Å². The van der Waals surface area contributed by atoms with Crippen LogP contribution in [0, 0.1) is 0 Å². The summed E-state index contributed by atoms with van der Waals surface area (Å²) in [6.07, 6.45) is 6.91. The summed E-state index contributed by atoms with van der Waals surface area (Å²) in [4.78, 5) is 26.6. The SMILES string of the molecule is C=C1CCC(=O)C/C=C\c2c1c1c3occc(=O)c3ccc1n2CCN(C)C. The van der Waals surface area contributed by atoms with E-state index in [-0.39, 0.29) is 11.2 Å². The number of carbonyl (C=O) groups is 1. The summed E-state index contributed by atoms with van der Waals surface area (Å²) in [7, 11) is 4.09. The lowest BCUT2D eigenvalue weighted by atomic mass is 9.97. The normalized spacial score (nSPS) is 16.2. The van der Waals surface area contributed by atoms with Crippen molar-refractivity contribution in [2.45, 2.75) is 25.8 Å². The van der Waals surface area contributed by atoms with Gasteiger partial charge in [-0.05, 0) is 44.3 Å². The van der Waals surface area contributed by atoms with Crippen molar-refractivity contribution < 1.29 is 9.21 Å². The van der Waals surface area contributed by atoms with Gasteiger partial charge in [0.25, 0.3) is 0 Å². The zero-order chi connectivity index (χ0) is 19.8. The standard InChI is InChI=1S/C23H24N2O3/c1-15-7-8-16(26)5-4-6-18-21(15)22-19(25(18)13-12-24(2)3)10-9-17-20(27)11-14-28-23(17)22/h4,6,9-11,14H,1,5,7-8,12-13H2,2-3H3/b6-4-. The van der Waals surface area contributed by atoms with E-state index < -0.39 is 0 Å². The molecule has 0 spiro atoms. The van der Waals surface area contributed by atoms with Crippen molar-refractivity contribution in [3.05, 3.63) is 58.6 Å². The second-order valence-corrected chi connectivity index (χ2v) is 7.59. The molecule has 0 amide bonds. The molecule has 0 saturated carbocycles. The summed E-state index contributed by atoms with van der Waals surface area (Å²) in [6.45, 7) is 5.94. The van der Waals surface area contributed by atoms with E-state index >= 15 is 0 Å². The van der Waals surface area contributed by atoms with Crippen LogP contribution in [-0.2, 0) is 11.3 Å². The summed E-state index contributed by atoms with van der Waals surface area (Å²) in [5.41, 5.74) is 4.46. The lowest BCUT2D eigenvalue weighted by molar-refractivity contribution is -0.118. The smallest absolute Gasteiger partial charge is 0.192 e. The molecule has 5 heteroatoms. The number of likely N-dealkylation sites (N-methyl/N-ethyl adjacent to an activating group) is 1. The lowest BCUT2D eigenvalue weighted by Crippen LogP contribution is -2.19. The van der Waals surface area contributed by atoms with Crippen molar-refractivity contribution in [3.8, 4) is 0 Å². The van der Waals surface area contributed by atoms with Crippen LogP contribution in [0.4, 0.5) is 0 Å². The number of Topliss-reactive ketones (excluding diaryl/α,β-unsaturated/α-hetero) is 1. The van der Waals surface area contributed by atoms with Crippen molar-refractivity contribution in [1.82, 2.24) is 9.47 Å². The van der Waals surface area contributed by atoms with E-state index in [1.807, 2.05) is 38.4 Å². The molecule has 0 atom stereocenters. The number of hydrogen-bond acceptors (Lipinski definition) is 4. The van der Waals surface area contributed by atoms with E-state index in [9.17, 15) is 9.59 Å². The molecule has 0 saturated heterocycles. The zero-order valence-corrected chi connectivity index (χ0v) is 16.3. The minimum atomic E-state index is -0.0580. The molecule has 0 unspecified atom stereocenters. The highest BCUT2D eigenvalue weighted by Gasteiger charge is 2.22. The Bertz CT molecular complexity index is 1180. The topological polar surface area (TPSA) is 55.5 Å². The van der Waals surface area contributed by atoms with Crippen molar-refractivity contribution >= 4 is 39.3 Å². The molecule has 2 aromatic heterocycles. The first-order valence-electron chi connectivity index (χ1n) is 9.55. The van der Waals surface area contributed by atoms with Crippen LogP contribution in [0.2, 0.25) is 0 Å². The van der Waals surface area contributed by atoms with Crippen LogP contribution in [-0.4, -0.2) is 35.9 Å². The van der Waals surface area contributed by atoms with Gasteiger partial charge in [-0.1, -0.05) is 12.7 Å². The van der Waals surface area contributed by atoms with Crippen molar-refractivity contribution in [1.29, 1.82) is 0 Å². The van der Waals surface area contributed by atoms with Crippen molar-refractivity contribution in [2.75, 3.05) is 20.6 Å². The Labute approximate surface area is 163 Å². The fourth-order valence-corrected chi connectivity index (χ4v) is 3.89. The third kappa shape index (κ3) is 3.12. The maximum absolute atomic E-state index is 12.4. The van der Waals surface area contributed by atoms with Gasteiger partial charge in [0, 0.05) is 43.3 Å². The monoisotopic (exact) mass is 376 g/mol. The first kappa shape index (κ1) is 18.4. The summed E-state index contributed by atoms with van der Waals surface area (Å²) >= 11 is 0. The Morgan fingerprint density at radius 1 is 1.18 bits per heavy atom. The second-order valence-electron chi connectivity index (χ2n) is 7.59. The van der Waals surface area contributed by atoms with Crippen LogP contribution in [0.25, 0.3) is 33.5 Å². The first-order chi connectivity index (χ1) is 13.5. The lowest BCUT2D eigenvalue weighted by Gasteiger charge is -2.14. The maximum atomic E-state index is 12.4. The van der Waals surface area contributed by atoms with Gasteiger partial charge in [0.2, 0.25) is 0 Å². The fourth-order valence-electron chi connectivity index (χ4n) is 3.89. The predicted octanol–water partition coefficient (Wildman–Crippen LogP) is 4.09. The number of allylic oxidation sites excluding steroid dienone is 2. The number of aromatic nitrogens is 1. The van der Waals surface area contributed by atoms with E-state index in [2.05, 4.69) is 16.0 Å². The number of benzene rings is 1. The molecule has 0 aliphatic heterocycles. The molecule has 5 nitrogen and oxygen atoms in total. The zero-order valence-electron chi connectivity index (χ0n) is 16.3. The quantitative estimate of drug-likeness (QED) is 0.691. The van der Waals surface area contributed by atoms with Gasteiger partial charge in [-0.2, -0.15) is 0 Å². The molecule has 3 aromatic rings. The van der Waals surface area contributed by atoms with Gasteiger partial charge in [-0.15, -0.1) is 0 Å². The largest absolute Gasteiger partial charge is 0.463 e. The molecule has 4 rings (SSSR count). The molecule has 0 bridgehead atoms. The molecule has 0 N–H and O–H groups in total. The van der Waals surface area contributed by atoms with Crippen LogP contribution in [0.5, 0.6) is 0 Å². The number of fused-ring (bicyclic) bond motifs is 5. The van der Waals surface area contributed by atoms with E-state index in [4.69, 9.17) is 4.42 Å². The molecule has 144 valence electrons. The van der Waals surface area contributed by atoms with Gasteiger partial charge in [0.15, 0.2) is 5.43 Å². The van der Waals surface area contributed by atoms with Crippen LogP contribution in [0.1, 0.15) is 30.5 Å². The summed E-state index contributed by atoms with van der Waals surface area (Å²) < 4.78 is 8.07. The average molecular weight is 376 g/mol. The minimum Gasteiger partial charge on any atom is -0.463 e. The molecular formula is C23H24N2O3. The van der Waals surface area contributed by atoms with Gasteiger partial charge in [-0.25, -0.2) is 0 Å². The molecule has 1 aliphatic carbocycles. The highest BCUT2D eigenvalue weighted by atomic mass is 16.3. The molecular weight excluding hydrogens is 352 g/mol. The van der Waals surface area contributed by atoms with Gasteiger partial charge < -0.3 is 13.9 Å². The summed E-state index contributed by atoms with van der Waals surface area (Å²) in [5.74, 6) is 0.211. The number of nitrogens with zero attached hydrogens (tertiary/aromatic N) is 2. The molecule has 0 radical (unpaired) electrons. The average Bonchev–Trinajstić information content (AvgIpc) is 3.00. The van der Waals surface area contributed by atoms with E-state index in [0.717, 1.165) is 40.8 Å². The summed E-state index contributed by atoms with van der Waals surface area (Å²) in [5, 5.41) is 1.48. The molecule has 28 heavy (non-hydrogen) atoms. The van der Waals surface area contributed by atoms with Crippen molar-refractivity contribution in [2.24, 2.45) is 0 Å². The molecule has 2 heterocycles. The Morgan fingerprint density at radius 2 is 2.00 bits per heavy atom. The Kier molecular flexibility index (Phi) is 4.77. The summed E-state index contributed by atoms with van der Waals surface area (Å²) in [6, 6.07) is 5.28. The predicted molar refractivity (Wildman–Crippen MR) is 113 cm³/mol. The van der Waals surface area contributed by atoms with Gasteiger partial charge in [0.1, 0.15) is 11.4 Å². The van der Waals surface area contributed by atoms with Crippen molar-refractivity contribution in [3.63, 3.8) is 0 Å². The van der Waals surface area contributed by atoms with Gasteiger partial charge >= 0.3 is 0 Å². The second kappa shape index (κ2) is 7.24. The molecule has 0 fully saturated rings. The molecule has 1 aliphatic rings. The number of carbonyl (C=O) groups excluding carboxylic acids is 1. The van der Waals surface area contributed by atoms with Crippen LogP contribution in [0.3, 0.4) is 0 Å².